The fraction of sp³-hybridized carbons (Fsp3) is 0.100. The Morgan fingerprint density at radius 3 is 2.79 bits per heavy atom. The van der Waals surface area contributed by atoms with Crippen LogP contribution in [0.3, 0.4) is 0 Å². The zero-order valence-electron chi connectivity index (χ0n) is 7.48. The van der Waals surface area contributed by atoms with Gasteiger partial charge in [0.1, 0.15) is 0 Å². The molecule has 1 aromatic carbocycles. The highest BCUT2D eigenvalue weighted by Gasteiger charge is 2.11. The van der Waals surface area contributed by atoms with Crippen LogP contribution in [0.15, 0.2) is 18.2 Å². The second-order valence-corrected chi connectivity index (χ2v) is 2.52. The van der Waals surface area contributed by atoms with Gasteiger partial charge in [-0.05, 0) is 18.2 Å². The molecule has 0 atom stereocenters. The van der Waals surface area contributed by atoms with E-state index < -0.39 is 5.97 Å². The number of rotatable bonds is 2. The molecule has 0 radical (unpaired) electrons. The van der Waals surface area contributed by atoms with E-state index >= 15 is 0 Å². The molecule has 0 saturated carbocycles. The molecule has 0 aliphatic carbocycles. The van der Waals surface area contributed by atoms with Crippen LogP contribution < -0.4 is 0 Å². The van der Waals surface area contributed by atoms with Crippen LogP contribution in [0.1, 0.15) is 26.3 Å². The quantitative estimate of drug-likeness (QED) is 0.517. The minimum atomic E-state index is -0.621. The van der Waals surface area contributed by atoms with E-state index in [4.69, 9.17) is 5.26 Å². The number of esters is 1. The van der Waals surface area contributed by atoms with Gasteiger partial charge in [0.05, 0.1) is 24.3 Å². The number of carbonyl (C=O) groups is 2. The minimum absolute atomic E-state index is 0.113. The van der Waals surface area contributed by atoms with Crippen molar-refractivity contribution in [3.63, 3.8) is 0 Å². The molecule has 0 spiro atoms. The van der Waals surface area contributed by atoms with Crippen LogP contribution in [0.4, 0.5) is 0 Å². The van der Waals surface area contributed by atoms with E-state index in [1.165, 1.54) is 25.3 Å². The van der Waals surface area contributed by atoms with E-state index in [9.17, 15) is 9.59 Å². The van der Waals surface area contributed by atoms with Crippen molar-refractivity contribution >= 4 is 12.3 Å². The zero-order chi connectivity index (χ0) is 10.6. The van der Waals surface area contributed by atoms with Crippen molar-refractivity contribution in [3.05, 3.63) is 34.9 Å². The number of nitrogens with zero attached hydrogens (tertiary/aromatic N) is 1. The lowest BCUT2D eigenvalue weighted by Gasteiger charge is -2.02. The van der Waals surface area contributed by atoms with Crippen LogP contribution in [0.5, 0.6) is 0 Å². The third kappa shape index (κ3) is 1.77. The van der Waals surface area contributed by atoms with Gasteiger partial charge in [0.2, 0.25) is 0 Å². The number of carbonyl (C=O) groups excluding carboxylic acids is 2. The van der Waals surface area contributed by atoms with Gasteiger partial charge in [0, 0.05) is 5.56 Å². The summed E-state index contributed by atoms with van der Waals surface area (Å²) in [7, 11) is 1.22. The Morgan fingerprint density at radius 1 is 1.57 bits per heavy atom. The highest BCUT2D eigenvalue weighted by atomic mass is 16.5. The third-order valence-corrected chi connectivity index (χ3v) is 1.71. The monoisotopic (exact) mass is 189 g/mol. The van der Waals surface area contributed by atoms with Gasteiger partial charge in [0.25, 0.3) is 0 Å². The molecule has 0 amide bonds. The smallest absolute Gasteiger partial charge is 0.338 e. The van der Waals surface area contributed by atoms with Gasteiger partial charge in [-0.15, -0.1) is 0 Å². The first-order valence-corrected chi connectivity index (χ1v) is 3.80. The maximum Gasteiger partial charge on any atom is 0.338 e. The largest absolute Gasteiger partial charge is 0.465 e. The average molecular weight is 189 g/mol. The summed E-state index contributed by atoms with van der Waals surface area (Å²) in [6, 6.07) is 6.09. The molecule has 0 unspecified atom stereocenters. The number of methoxy groups -OCH3 is 1. The van der Waals surface area contributed by atoms with Gasteiger partial charge in [0.15, 0.2) is 6.29 Å². The molecule has 14 heavy (non-hydrogen) atoms. The van der Waals surface area contributed by atoms with Gasteiger partial charge in [-0.2, -0.15) is 5.26 Å². The molecule has 0 bridgehead atoms. The van der Waals surface area contributed by atoms with E-state index in [1.54, 1.807) is 0 Å². The molecule has 0 N–H and O–H groups in total. The lowest BCUT2D eigenvalue weighted by molar-refractivity contribution is 0.0598. The molecule has 4 nitrogen and oxygen atoms in total. The van der Waals surface area contributed by atoms with Gasteiger partial charge in [-0.25, -0.2) is 4.79 Å². The fourth-order valence-electron chi connectivity index (χ4n) is 1.02. The minimum Gasteiger partial charge on any atom is -0.465 e. The molecule has 70 valence electrons. The molecule has 0 heterocycles. The fourth-order valence-corrected chi connectivity index (χ4v) is 1.02. The third-order valence-electron chi connectivity index (χ3n) is 1.71. The Bertz CT molecular complexity index is 418. The standard InChI is InChI=1S/C10H7NO3/c1-14-10(13)9-4-7(5-11)2-3-8(9)6-12/h2-4,6H,1H3. The molecule has 0 aromatic heterocycles. The summed E-state index contributed by atoms with van der Waals surface area (Å²) >= 11 is 0. The molecular weight excluding hydrogens is 182 g/mol. The van der Waals surface area contributed by atoms with Crippen LogP contribution in [0.2, 0.25) is 0 Å². The Balaban J connectivity index is 3.30. The summed E-state index contributed by atoms with van der Waals surface area (Å²) in [5.41, 5.74) is 0.647. The molecule has 4 heteroatoms. The van der Waals surface area contributed by atoms with E-state index in [1.807, 2.05) is 6.07 Å². The highest BCUT2D eigenvalue weighted by molar-refractivity contribution is 5.98. The van der Waals surface area contributed by atoms with E-state index in [0.717, 1.165) is 0 Å². The summed E-state index contributed by atoms with van der Waals surface area (Å²) in [5, 5.41) is 8.59. The number of ether oxygens (including phenoxy) is 1. The first-order valence-electron chi connectivity index (χ1n) is 3.80. The molecule has 0 saturated heterocycles. The molecule has 0 aliphatic heterocycles. The SMILES string of the molecule is COC(=O)c1cc(C#N)ccc1C=O. The summed E-state index contributed by atoms with van der Waals surface area (Å²) < 4.78 is 4.47. The summed E-state index contributed by atoms with van der Waals surface area (Å²) in [4.78, 5) is 21.7. The topological polar surface area (TPSA) is 67.2 Å². The molecule has 0 aliphatic rings. The molecule has 1 rings (SSSR count). The number of nitriles is 1. The van der Waals surface area contributed by atoms with Crippen molar-refractivity contribution in [3.8, 4) is 6.07 Å². The second-order valence-electron chi connectivity index (χ2n) is 2.52. The summed E-state index contributed by atoms with van der Waals surface area (Å²) in [6.07, 6.45) is 0.549. The predicted molar refractivity (Wildman–Crippen MR) is 47.9 cm³/mol. The predicted octanol–water partition coefficient (Wildman–Crippen LogP) is 1.16. The van der Waals surface area contributed by atoms with Crippen LogP contribution in [0, 0.1) is 11.3 Å². The lowest BCUT2D eigenvalue weighted by Crippen LogP contribution is -2.05. The van der Waals surface area contributed by atoms with Crippen molar-refractivity contribution in [1.29, 1.82) is 5.26 Å². The van der Waals surface area contributed by atoms with Crippen LogP contribution >= 0.6 is 0 Å². The lowest BCUT2D eigenvalue weighted by atomic mass is 10.1. The van der Waals surface area contributed by atoms with Crippen LogP contribution in [-0.4, -0.2) is 19.4 Å². The van der Waals surface area contributed by atoms with E-state index in [-0.39, 0.29) is 11.1 Å². The number of aldehydes is 1. The normalized spacial score (nSPS) is 8.86. The average Bonchev–Trinajstić information content (AvgIpc) is 2.27. The van der Waals surface area contributed by atoms with Crippen molar-refractivity contribution in [2.24, 2.45) is 0 Å². The maximum absolute atomic E-state index is 11.2. The summed E-state index contributed by atoms with van der Waals surface area (Å²) in [6.45, 7) is 0. The Morgan fingerprint density at radius 2 is 2.29 bits per heavy atom. The molecule has 1 aromatic rings. The van der Waals surface area contributed by atoms with Crippen molar-refractivity contribution in [2.75, 3.05) is 7.11 Å². The first-order chi connectivity index (χ1) is 6.72. The number of hydrogen-bond acceptors (Lipinski definition) is 4. The van der Waals surface area contributed by atoms with Gasteiger partial charge in [-0.1, -0.05) is 0 Å². The van der Waals surface area contributed by atoms with Crippen LogP contribution in [0.25, 0.3) is 0 Å². The van der Waals surface area contributed by atoms with Gasteiger partial charge < -0.3 is 4.74 Å². The number of benzene rings is 1. The van der Waals surface area contributed by atoms with Crippen LogP contribution in [-0.2, 0) is 4.74 Å². The first kappa shape index (κ1) is 9.93. The Hall–Kier alpha value is -2.15. The van der Waals surface area contributed by atoms with E-state index in [0.29, 0.717) is 11.8 Å². The van der Waals surface area contributed by atoms with E-state index in [2.05, 4.69) is 4.74 Å². The maximum atomic E-state index is 11.2. The summed E-state index contributed by atoms with van der Waals surface area (Å²) in [5.74, 6) is -0.621. The highest BCUT2D eigenvalue weighted by Crippen LogP contribution is 2.10. The molecular formula is C10H7NO3. The number of hydrogen-bond donors (Lipinski definition) is 0. The zero-order valence-corrected chi connectivity index (χ0v) is 7.48. The van der Waals surface area contributed by atoms with Gasteiger partial charge in [-0.3, -0.25) is 4.79 Å². The second kappa shape index (κ2) is 4.19. The Kier molecular flexibility index (Phi) is 2.97. The van der Waals surface area contributed by atoms with Gasteiger partial charge >= 0.3 is 5.97 Å². The van der Waals surface area contributed by atoms with Crippen molar-refractivity contribution in [2.45, 2.75) is 0 Å². The van der Waals surface area contributed by atoms with Crippen molar-refractivity contribution < 1.29 is 14.3 Å². The Labute approximate surface area is 80.7 Å². The van der Waals surface area contributed by atoms with Crippen molar-refractivity contribution in [1.82, 2.24) is 0 Å². The molecule has 0 fully saturated rings.